The van der Waals surface area contributed by atoms with Crippen LogP contribution in [-0.2, 0) is 4.74 Å². The van der Waals surface area contributed by atoms with Crippen LogP contribution in [0, 0.1) is 10.1 Å². The number of benzene rings is 3. The van der Waals surface area contributed by atoms with Gasteiger partial charge in [-0.3, -0.25) is 15.0 Å². The lowest BCUT2D eigenvalue weighted by Gasteiger charge is -2.28. The molecule has 5 rings (SSSR count). The molecule has 2 heterocycles. The SMILES string of the molecule is O=[N+]([O-])c1ccc(O)c(C=NNc2nc(N3CCOCC3)nc(N(c3ccccc3)c3ccccc3)n2)c1. The van der Waals surface area contributed by atoms with E-state index in [0.717, 1.165) is 11.4 Å². The number of anilines is 5. The number of non-ortho nitro benzene ring substituents is 1. The summed E-state index contributed by atoms with van der Waals surface area (Å²) < 4.78 is 5.49. The van der Waals surface area contributed by atoms with Gasteiger partial charge in [0, 0.05) is 42.2 Å². The van der Waals surface area contributed by atoms with E-state index in [-0.39, 0.29) is 22.9 Å². The molecular weight excluding hydrogens is 488 g/mol. The summed E-state index contributed by atoms with van der Waals surface area (Å²) in [6, 6.07) is 23.1. The third-order valence-electron chi connectivity index (χ3n) is 5.72. The van der Waals surface area contributed by atoms with Crippen molar-refractivity contribution >= 4 is 41.1 Å². The van der Waals surface area contributed by atoms with Gasteiger partial charge in [-0.1, -0.05) is 36.4 Å². The average Bonchev–Trinajstić information content (AvgIpc) is 2.96. The first-order valence-electron chi connectivity index (χ1n) is 11.8. The molecule has 0 radical (unpaired) electrons. The second-order valence-corrected chi connectivity index (χ2v) is 8.24. The molecule has 0 bridgehead atoms. The molecular formula is C26H24N8O4. The number of nitrogens with one attached hydrogen (secondary N) is 1. The van der Waals surface area contributed by atoms with E-state index in [1.54, 1.807) is 0 Å². The third kappa shape index (κ3) is 5.65. The molecule has 0 atom stereocenters. The van der Waals surface area contributed by atoms with Crippen LogP contribution in [0.4, 0.5) is 34.9 Å². The lowest BCUT2D eigenvalue weighted by atomic mass is 10.2. The zero-order valence-corrected chi connectivity index (χ0v) is 20.2. The van der Waals surface area contributed by atoms with Crippen LogP contribution in [0.25, 0.3) is 0 Å². The fraction of sp³-hybridized carbons (Fsp3) is 0.154. The van der Waals surface area contributed by atoms with Crippen molar-refractivity contribution in [3.05, 3.63) is 94.5 Å². The average molecular weight is 513 g/mol. The van der Waals surface area contributed by atoms with Gasteiger partial charge in [0.05, 0.1) is 24.4 Å². The number of phenolic OH excluding ortho intramolecular Hbond substituents is 1. The molecule has 12 heteroatoms. The Bertz CT molecular complexity index is 1390. The minimum atomic E-state index is -0.543. The molecule has 1 aliphatic heterocycles. The number of hydrogen-bond donors (Lipinski definition) is 2. The molecule has 12 nitrogen and oxygen atoms in total. The maximum Gasteiger partial charge on any atom is 0.270 e. The Morgan fingerprint density at radius 3 is 2.26 bits per heavy atom. The number of para-hydroxylation sites is 2. The Morgan fingerprint density at radius 2 is 1.63 bits per heavy atom. The first kappa shape index (κ1) is 24.6. The molecule has 1 saturated heterocycles. The van der Waals surface area contributed by atoms with E-state index >= 15 is 0 Å². The predicted octanol–water partition coefficient (Wildman–Crippen LogP) is 4.24. The number of phenols is 1. The lowest BCUT2D eigenvalue weighted by molar-refractivity contribution is -0.384. The van der Waals surface area contributed by atoms with Crippen molar-refractivity contribution in [3.63, 3.8) is 0 Å². The van der Waals surface area contributed by atoms with Gasteiger partial charge < -0.3 is 14.7 Å². The van der Waals surface area contributed by atoms with E-state index in [2.05, 4.69) is 20.5 Å². The Hall–Kier alpha value is -5.10. The Kier molecular flexibility index (Phi) is 7.32. The Balaban J connectivity index is 1.53. The number of hydrazone groups is 1. The van der Waals surface area contributed by atoms with Crippen LogP contribution in [0.1, 0.15) is 5.56 Å². The maximum atomic E-state index is 11.1. The van der Waals surface area contributed by atoms with E-state index < -0.39 is 4.92 Å². The normalized spacial score (nSPS) is 13.4. The molecule has 1 fully saturated rings. The van der Waals surface area contributed by atoms with Crippen LogP contribution in [0.5, 0.6) is 5.75 Å². The highest BCUT2D eigenvalue weighted by Gasteiger charge is 2.21. The number of rotatable bonds is 8. The van der Waals surface area contributed by atoms with E-state index in [9.17, 15) is 15.2 Å². The number of hydrogen-bond acceptors (Lipinski definition) is 11. The van der Waals surface area contributed by atoms with E-state index in [0.29, 0.717) is 38.2 Å². The van der Waals surface area contributed by atoms with Crippen molar-refractivity contribution in [2.24, 2.45) is 5.10 Å². The summed E-state index contributed by atoms with van der Waals surface area (Å²) in [4.78, 5) is 28.4. The van der Waals surface area contributed by atoms with E-state index in [4.69, 9.17) is 9.72 Å². The maximum absolute atomic E-state index is 11.1. The van der Waals surface area contributed by atoms with Gasteiger partial charge in [-0.15, -0.1) is 0 Å². The van der Waals surface area contributed by atoms with Gasteiger partial charge in [-0.25, -0.2) is 5.43 Å². The summed E-state index contributed by atoms with van der Waals surface area (Å²) >= 11 is 0. The van der Waals surface area contributed by atoms with Gasteiger partial charge in [0.1, 0.15) is 5.75 Å². The quantitative estimate of drug-likeness (QED) is 0.200. The summed E-state index contributed by atoms with van der Waals surface area (Å²) in [5.41, 5.74) is 4.51. The molecule has 0 saturated carbocycles. The van der Waals surface area contributed by atoms with Crippen LogP contribution >= 0.6 is 0 Å². The number of nitro groups is 1. The smallest absolute Gasteiger partial charge is 0.270 e. The fourth-order valence-corrected chi connectivity index (χ4v) is 3.86. The molecule has 2 N–H and O–H groups in total. The lowest BCUT2D eigenvalue weighted by Crippen LogP contribution is -2.37. The minimum absolute atomic E-state index is 0.147. The van der Waals surface area contributed by atoms with Crippen molar-refractivity contribution in [3.8, 4) is 5.75 Å². The van der Waals surface area contributed by atoms with Crippen molar-refractivity contribution in [2.45, 2.75) is 0 Å². The Morgan fingerprint density at radius 1 is 0.974 bits per heavy atom. The van der Waals surface area contributed by atoms with Crippen LogP contribution < -0.4 is 15.2 Å². The van der Waals surface area contributed by atoms with Crippen LogP contribution in [0.3, 0.4) is 0 Å². The van der Waals surface area contributed by atoms with Crippen molar-refractivity contribution in [1.82, 2.24) is 15.0 Å². The molecule has 192 valence electrons. The van der Waals surface area contributed by atoms with Gasteiger partial charge >= 0.3 is 0 Å². The van der Waals surface area contributed by atoms with Crippen LogP contribution in [-0.4, -0.2) is 57.5 Å². The van der Waals surface area contributed by atoms with Crippen LogP contribution in [0.2, 0.25) is 0 Å². The highest BCUT2D eigenvalue weighted by molar-refractivity contribution is 5.85. The third-order valence-corrected chi connectivity index (χ3v) is 5.72. The molecule has 0 aliphatic carbocycles. The van der Waals surface area contributed by atoms with Gasteiger partial charge in [-0.05, 0) is 30.3 Å². The summed E-state index contributed by atoms with van der Waals surface area (Å²) in [5.74, 6) is 0.834. The topological polar surface area (TPSA) is 142 Å². The molecule has 1 aliphatic rings. The largest absolute Gasteiger partial charge is 0.507 e. The monoisotopic (exact) mass is 512 g/mol. The second-order valence-electron chi connectivity index (χ2n) is 8.24. The molecule has 0 spiro atoms. The van der Waals surface area contributed by atoms with Crippen molar-refractivity contribution in [1.29, 1.82) is 0 Å². The molecule has 3 aromatic carbocycles. The number of ether oxygens (including phenoxy) is 1. The van der Waals surface area contributed by atoms with Gasteiger partial charge in [0.2, 0.25) is 17.8 Å². The predicted molar refractivity (Wildman–Crippen MR) is 144 cm³/mol. The zero-order valence-electron chi connectivity index (χ0n) is 20.2. The Labute approximate surface area is 218 Å². The number of aromatic nitrogens is 3. The van der Waals surface area contributed by atoms with Gasteiger partial charge in [-0.2, -0.15) is 20.1 Å². The molecule has 1 aromatic heterocycles. The van der Waals surface area contributed by atoms with Gasteiger partial charge in [0.25, 0.3) is 5.69 Å². The summed E-state index contributed by atoms with van der Waals surface area (Å²) in [7, 11) is 0. The van der Waals surface area contributed by atoms with E-state index in [1.807, 2.05) is 70.5 Å². The molecule has 0 unspecified atom stereocenters. The number of morpholine rings is 1. The van der Waals surface area contributed by atoms with Crippen molar-refractivity contribution in [2.75, 3.05) is 41.5 Å². The summed E-state index contributed by atoms with van der Waals surface area (Å²) in [6.45, 7) is 2.33. The van der Waals surface area contributed by atoms with Crippen LogP contribution in [0.15, 0.2) is 84.0 Å². The first-order valence-corrected chi connectivity index (χ1v) is 11.8. The standard InChI is InChI=1S/C26H24N8O4/c35-23-12-11-22(34(36)37)17-19(23)18-27-31-24-28-25(32-13-15-38-16-14-32)30-26(29-24)33(20-7-3-1-4-8-20)21-9-5-2-6-10-21/h1-12,17-18,35H,13-16H2,(H,28,29,30,31). The summed E-state index contributed by atoms with van der Waals surface area (Å²) in [5, 5.41) is 25.3. The van der Waals surface area contributed by atoms with E-state index in [1.165, 1.54) is 24.4 Å². The van der Waals surface area contributed by atoms with Crippen molar-refractivity contribution < 1.29 is 14.8 Å². The zero-order chi connectivity index (χ0) is 26.3. The minimum Gasteiger partial charge on any atom is -0.507 e. The molecule has 4 aromatic rings. The number of nitrogens with zero attached hydrogens (tertiary/aromatic N) is 7. The number of nitro benzene ring substituents is 1. The highest BCUT2D eigenvalue weighted by atomic mass is 16.6. The molecule has 0 amide bonds. The second kappa shape index (κ2) is 11.3. The van der Waals surface area contributed by atoms with Gasteiger partial charge in [0.15, 0.2) is 0 Å². The highest BCUT2D eigenvalue weighted by Crippen LogP contribution is 2.33. The molecule has 38 heavy (non-hydrogen) atoms. The fourth-order valence-electron chi connectivity index (χ4n) is 3.86. The summed E-state index contributed by atoms with van der Waals surface area (Å²) in [6.07, 6.45) is 1.27. The number of aromatic hydroxyl groups is 1. The first-order chi connectivity index (χ1) is 18.6.